The Morgan fingerprint density at radius 1 is 1.80 bits per heavy atom. The van der Waals surface area contributed by atoms with Gasteiger partial charge in [0.25, 0.3) is 0 Å². The molecule has 2 N–H and O–H groups in total. The van der Waals surface area contributed by atoms with Crippen molar-refractivity contribution in [3.63, 3.8) is 0 Å². The van der Waals surface area contributed by atoms with Crippen molar-refractivity contribution in [3.05, 3.63) is 22.4 Å². The van der Waals surface area contributed by atoms with Gasteiger partial charge in [-0.15, -0.1) is 11.3 Å². The molecule has 1 aromatic heterocycles. The third-order valence-electron chi connectivity index (χ3n) is 1.30. The van der Waals surface area contributed by atoms with E-state index in [0.717, 1.165) is 11.2 Å². The fraction of sp³-hybridized carbons (Fsp3) is 0.286. The largest absolute Gasteiger partial charge is 0.315 e. The zero-order valence-corrected chi connectivity index (χ0v) is 6.52. The summed E-state index contributed by atoms with van der Waals surface area (Å²) in [5.74, 6) is 0. The lowest BCUT2D eigenvalue weighted by atomic mass is 10.1. The van der Waals surface area contributed by atoms with Gasteiger partial charge in [-0.25, -0.2) is 0 Å². The van der Waals surface area contributed by atoms with Gasteiger partial charge in [-0.05, 0) is 18.4 Å². The molecular formula is C7H9NOS. The molecule has 54 valence electrons. The van der Waals surface area contributed by atoms with Crippen molar-refractivity contribution in [1.29, 1.82) is 0 Å². The maximum atomic E-state index is 10.4. The number of aldehydes is 1. The summed E-state index contributed by atoms with van der Waals surface area (Å²) in [5.41, 5.74) is 4.83. The lowest BCUT2D eigenvalue weighted by molar-refractivity contribution is -0.111. The Bertz CT molecular complexity index is 216. The van der Waals surface area contributed by atoms with Gasteiger partial charge in [-0.3, -0.25) is 0 Å². The van der Waals surface area contributed by atoms with E-state index in [0.29, 0.717) is 0 Å². The summed E-state index contributed by atoms with van der Waals surface area (Å²) in [6.45, 7) is 1.70. The van der Waals surface area contributed by atoms with Crippen molar-refractivity contribution in [3.8, 4) is 0 Å². The normalized spacial score (nSPS) is 16.2. The summed E-state index contributed by atoms with van der Waals surface area (Å²) in [7, 11) is 0. The first kappa shape index (κ1) is 7.44. The molecule has 1 aromatic rings. The van der Waals surface area contributed by atoms with Crippen LogP contribution in [0.2, 0.25) is 0 Å². The fourth-order valence-corrected chi connectivity index (χ4v) is 1.41. The summed E-state index contributed by atoms with van der Waals surface area (Å²) in [5, 5.41) is 1.91. The van der Waals surface area contributed by atoms with Gasteiger partial charge in [-0.2, -0.15) is 0 Å². The zero-order valence-electron chi connectivity index (χ0n) is 5.70. The maximum Gasteiger partial charge on any atom is 0.144 e. The van der Waals surface area contributed by atoms with Crippen LogP contribution in [0.4, 0.5) is 0 Å². The second kappa shape index (κ2) is 2.52. The van der Waals surface area contributed by atoms with Crippen LogP contribution in [0, 0.1) is 0 Å². The second-order valence-corrected chi connectivity index (χ2v) is 3.33. The molecule has 0 saturated carbocycles. The van der Waals surface area contributed by atoms with Crippen LogP contribution >= 0.6 is 11.3 Å². The SMILES string of the molecule is C[C@](N)(C=O)c1cccs1. The molecule has 0 bridgehead atoms. The zero-order chi connectivity index (χ0) is 7.61. The van der Waals surface area contributed by atoms with Gasteiger partial charge in [-0.1, -0.05) is 6.07 Å². The van der Waals surface area contributed by atoms with E-state index in [9.17, 15) is 4.79 Å². The molecule has 0 aromatic carbocycles. The molecule has 0 amide bonds. The number of hydrogen-bond donors (Lipinski definition) is 1. The number of carbonyl (C=O) groups is 1. The Hall–Kier alpha value is -0.670. The van der Waals surface area contributed by atoms with Gasteiger partial charge in [0.2, 0.25) is 0 Å². The average Bonchev–Trinajstić information content (AvgIpc) is 2.38. The van der Waals surface area contributed by atoms with Gasteiger partial charge < -0.3 is 10.5 Å². The van der Waals surface area contributed by atoms with Crippen LogP contribution in [0.1, 0.15) is 11.8 Å². The Morgan fingerprint density at radius 2 is 2.50 bits per heavy atom. The number of carbonyl (C=O) groups excluding carboxylic acids is 1. The van der Waals surface area contributed by atoms with Crippen molar-refractivity contribution in [2.45, 2.75) is 12.5 Å². The van der Waals surface area contributed by atoms with Crippen molar-refractivity contribution in [2.75, 3.05) is 0 Å². The Kier molecular flexibility index (Phi) is 1.87. The van der Waals surface area contributed by atoms with Crippen LogP contribution < -0.4 is 5.73 Å². The van der Waals surface area contributed by atoms with Gasteiger partial charge in [0.1, 0.15) is 11.8 Å². The molecule has 2 nitrogen and oxygen atoms in total. The number of thiophene rings is 1. The van der Waals surface area contributed by atoms with E-state index in [1.807, 2.05) is 17.5 Å². The number of nitrogens with two attached hydrogens (primary N) is 1. The first-order valence-electron chi connectivity index (χ1n) is 2.96. The summed E-state index contributed by atoms with van der Waals surface area (Å²) in [4.78, 5) is 11.3. The highest BCUT2D eigenvalue weighted by Gasteiger charge is 2.20. The third-order valence-corrected chi connectivity index (χ3v) is 2.42. The first-order valence-corrected chi connectivity index (χ1v) is 3.84. The Balaban J connectivity index is 2.95. The van der Waals surface area contributed by atoms with E-state index in [4.69, 9.17) is 5.73 Å². The van der Waals surface area contributed by atoms with E-state index in [1.54, 1.807) is 6.92 Å². The van der Waals surface area contributed by atoms with Gasteiger partial charge in [0, 0.05) is 4.88 Å². The van der Waals surface area contributed by atoms with Gasteiger partial charge in [0.05, 0.1) is 0 Å². The molecule has 0 saturated heterocycles. The number of rotatable bonds is 2. The minimum absolute atomic E-state index is 0.763. The van der Waals surface area contributed by atoms with Crippen LogP contribution in [0.25, 0.3) is 0 Å². The highest BCUT2D eigenvalue weighted by molar-refractivity contribution is 7.10. The van der Waals surface area contributed by atoms with Gasteiger partial charge >= 0.3 is 0 Å². The Morgan fingerprint density at radius 3 is 2.90 bits per heavy atom. The molecule has 0 unspecified atom stereocenters. The van der Waals surface area contributed by atoms with E-state index in [-0.39, 0.29) is 0 Å². The minimum atomic E-state index is -0.797. The van der Waals surface area contributed by atoms with Crippen LogP contribution in [0.5, 0.6) is 0 Å². The van der Waals surface area contributed by atoms with E-state index < -0.39 is 5.54 Å². The highest BCUT2D eigenvalue weighted by Crippen LogP contribution is 2.20. The lowest BCUT2D eigenvalue weighted by Gasteiger charge is -2.13. The van der Waals surface area contributed by atoms with Crippen molar-refractivity contribution in [2.24, 2.45) is 5.73 Å². The smallest absolute Gasteiger partial charge is 0.144 e. The number of hydrogen-bond acceptors (Lipinski definition) is 3. The lowest BCUT2D eigenvalue weighted by Crippen LogP contribution is -2.33. The van der Waals surface area contributed by atoms with E-state index >= 15 is 0 Å². The summed E-state index contributed by atoms with van der Waals surface area (Å²) in [6, 6.07) is 3.74. The molecule has 0 fully saturated rings. The monoisotopic (exact) mass is 155 g/mol. The van der Waals surface area contributed by atoms with Crippen molar-refractivity contribution >= 4 is 17.6 Å². The molecule has 1 rings (SSSR count). The fourth-order valence-electron chi connectivity index (χ4n) is 0.643. The molecule has 1 heterocycles. The summed E-state index contributed by atoms with van der Waals surface area (Å²) in [6.07, 6.45) is 0.763. The van der Waals surface area contributed by atoms with Gasteiger partial charge in [0.15, 0.2) is 0 Å². The van der Waals surface area contributed by atoms with Crippen molar-refractivity contribution < 1.29 is 4.79 Å². The summed E-state index contributed by atoms with van der Waals surface area (Å²) >= 11 is 1.50. The minimum Gasteiger partial charge on any atom is -0.315 e. The first-order chi connectivity index (χ1) is 4.67. The molecule has 1 atom stereocenters. The standard InChI is InChI=1S/C7H9NOS/c1-7(8,5-9)6-3-2-4-10-6/h2-5H,8H2,1H3/t7-/m0/s1. The molecule has 3 heteroatoms. The molecule has 0 radical (unpaired) electrons. The predicted molar refractivity (Wildman–Crippen MR) is 41.9 cm³/mol. The third kappa shape index (κ3) is 1.25. The highest BCUT2D eigenvalue weighted by atomic mass is 32.1. The molecule has 10 heavy (non-hydrogen) atoms. The van der Waals surface area contributed by atoms with Crippen LogP contribution in [0.15, 0.2) is 17.5 Å². The topological polar surface area (TPSA) is 43.1 Å². The summed E-state index contributed by atoms with van der Waals surface area (Å²) < 4.78 is 0. The molecular weight excluding hydrogens is 146 g/mol. The molecule has 0 aliphatic heterocycles. The molecule has 0 aliphatic rings. The average molecular weight is 155 g/mol. The molecule has 0 aliphatic carbocycles. The van der Waals surface area contributed by atoms with Crippen LogP contribution in [0.3, 0.4) is 0 Å². The quantitative estimate of drug-likeness (QED) is 0.650. The Labute approximate surface area is 63.7 Å². The maximum absolute atomic E-state index is 10.4. The van der Waals surface area contributed by atoms with Crippen LogP contribution in [-0.2, 0) is 10.3 Å². The van der Waals surface area contributed by atoms with E-state index in [1.165, 1.54) is 11.3 Å². The molecule has 0 spiro atoms. The van der Waals surface area contributed by atoms with E-state index in [2.05, 4.69) is 0 Å². The van der Waals surface area contributed by atoms with Crippen molar-refractivity contribution in [1.82, 2.24) is 0 Å². The predicted octanol–water partition coefficient (Wildman–Crippen LogP) is 1.12. The second-order valence-electron chi connectivity index (χ2n) is 2.38. The van der Waals surface area contributed by atoms with Crippen LogP contribution in [-0.4, -0.2) is 6.29 Å².